The number of hydrogen-bond donors (Lipinski definition) is 2. The normalized spacial score (nSPS) is 20.2. The lowest BCUT2D eigenvalue weighted by Crippen LogP contribution is -2.52. The van der Waals surface area contributed by atoms with Gasteiger partial charge < -0.3 is 24.8 Å². The monoisotopic (exact) mass is 374 g/mol. The van der Waals surface area contributed by atoms with Gasteiger partial charge in [0.1, 0.15) is 12.6 Å². The van der Waals surface area contributed by atoms with E-state index >= 15 is 0 Å². The predicted octanol–water partition coefficient (Wildman–Crippen LogP) is 2.14. The van der Waals surface area contributed by atoms with Crippen LogP contribution in [0.3, 0.4) is 0 Å². The van der Waals surface area contributed by atoms with E-state index in [1.807, 2.05) is 12.1 Å². The molecule has 6 nitrogen and oxygen atoms in total. The lowest BCUT2D eigenvalue weighted by Gasteiger charge is -2.29. The van der Waals surface area contributed by atoms with Crippen molar-refractivity contribution in [1.82, 2.24) is 10.2 Å². The Kier molecular flexibility index (Phi) is 4.84. The third-order valence-electron chi connectivity index (χ3n) is 4.67. The molecular formula is C19H22N2O4S. The summed E-state index contributed by atoms with van der Waals surface area (Å²) in [6.45, 7) is 5.02. The molecule has 0 aliphatic carbocycles. The molecule has 1 atom stereocenters. The smallest absolute Gasteiger partial charge is 0.242 e. The van der Waals surface area contributed by atoms with Crippen molar-refractivity contribution in [2.75, 3.05) is 32.9 Å². The first kappa shape index (κ1) is 17.3. The van der Waals surface area contributed by atoms with E-state index < -0.39 is 0 Å². The van der Waals surface area contributed by atoms with Gasteiger partial charge in [-0.25, -0.2) is 0 Å². The zero-order valence-corrected chi connectivity index (χ0v) is 15.5. The Morgan fingerprint density at radius 3 is 2.96 bits per heavy atom. The number of phenols is 1. The number of fused-ring (bicyclic) bond motifs is 1. The fourth-order valence-corrected chi connectivity index (χ4v) is 4.22. The van der Waals surface area contributed by atoms with E-state index in [9.17, 15) is 9.90 Å². The van der Waals surface area contributed by atoms with Crippen molar-refractivity contribution in [3.05, 3.63) is 34.7 Å². The molecule has 26 heavy (non-hydrogen) atoms. The SMILES string of the molecule is Cc1ccc(-c2cc(O)c3c(c2)CN(C(=O)C2COCCN2)CCO3)s1. The predicted molar refractivity (Wildman–Crippen MR) is 99.7 cm³/mol. The third-order valence-corrected chi connectivity index (χ3v) is 5.72. The molecule has 0 radical (unpaired) electrons. The summed E-state index contributed by atoms with van der Waals surface area (Å²) in [5.41, 5.74) is 1.77. The maximum absolute atomic E-state index is 12.8. The van der Waals surface area contributed by atoms with Crippen molar-refractivity contribution in [1.29, 1.82) is 0 Å². The number of nitrogens with zero attached hydrogens (tertiary/aromatic N) is 1. The standard InChI is InChI=1S/C19H22N2O4S/c1-12-2-3-17(26-12)13-8-14-10-21(5-7-25-18(14)16(22)9-13)19(23)15-11-24-6-4-20-15/h2-3,8-9,15,20,22H,4-7,10-11H2,1H3. The molecule has 2 aromatic rings. The zero-order valence-electron chi connectivity index (χ0n) is 14.7. The van der Waals surface area contributed by atoms with Crippen molar-refractivity contribution in [3.8, 4) is 21.9 Å². The van der Waals surface area contributed by atoms with E-state index in [2.05, 4.69) is 18.3 Å². The van der Waals surface area contributed by atoms with E-state index in [0.717, 1.165) is 16.0 Å². The number of thiophene rings is 1. The van der Waals surface area contributed by atoms with Crippen molar-refractivity contribution in [2.45, 2.75) is 19.5 Å². The van der Waals surface area contributed by atoms with Gasteiger partial charge in [0.05, 0.1) is 19.8 Å². The van der Waals surface area contributed by atoms with E-state index in [-0.39, 0.29) is 17.7 Å². The molecule has 138 valence electrons. The Labute approximate surface area is 156 Å². The summed E-state index contributed by atoms with van der Waals surface area (Å²) in [5, 5.41) is 13.7. The van der Waals surface area contributed by atoms with Crippen LogP contribution in [0.25, 0.3) is 10.4 Å². The van der Waals surface area contributed by atoms with Gasteiger partial charge in [0.15, 0.2) is 11.5 Å². The minimum absolute atomic E-state index is 0.0120. The molecular weight excluding hydrogens is 352 g/mol. The van der Waals surface area contributed by atoms with Crippen LogP contribution in [-0.2, 0) is 16.1 Å². The molecule has 1 unspecified atom stereocenters. The van der Waals surface area contributed by atoms with E-state index in [1.54, 1.807) is 22.3 Å². The summed E-state index contributed by atoms with van der Waals surface area (Å²) < 4.78 is 11.2. The number of benzene rings is 1. The van der Waals surface area contributed by atoms with Gasteiger partial charge in [-0.3, -0.25) is 4.79 Å². The van der Waals surface area contributed by atoms with Crippen LogP contribution in [0.15, 0.2) is 24.3 Å². The molecule has 0 saturated carbocycles. The van der Waals surface area contributed by atoms with E-state index in [1.165, 1.54) is 4.88 Å². The Balaban J connectivity index is 1.62. The van der Waals surface area contributed by atoms with Crippen LogP contribution in [-0.4, -0.2) is 54.9 Å². The average molecular weight is 374 g/mol. The van der Waals surface area contributed by atoms with Crippen molar-refractivity contribution in [3.63, 3.8) is 0 Å². The molecule has 3 heterocycles. The van der Waals surface area contributed by atoms with E-state index in [0.29, 0.717) is 45.2 Å². The number of aryl methyl sites for hydroxylation is 1. The van der Waals surface area contributed by atoms with Gasteiger partial charge in [0.2, 0.25) is 5.91 Å². The first-order chi connectivity index (χ1) is 12.6. The largest absolute Gasteiger partial charge is 0.504 e. The van der Waals surface area contributed by atoms with Crippen molar-refractivity contribution < 1.29 is 19.4 Å². The van der Waals surface area contributed by atoms with Crippen LogP contribution >= 0.6 is 11.3 Å². The Hall–Kier alpha value is -2.09. The second-order valence-corrected chi connectivity index (χ2v) is 7.87. The second-order valence-electron chi connectivity index (χ2n) is 6.58. The van der Waals surface area contributed by atoms with Gasteiger partial charge in [0.25, 0.3) is 0 Å². The number of morpholine rings is 1. The Morgan fingerprint density at radius 2 is 2.23 bits per heavy atom. The molecule has 1 amide bonds. The minimum atomic E-state index is -0.318. The molecule has 7 heteroatoms. The highest BCUT2D eigenvalue weighted by Crippen LogP contribution is 2.39. The summed E-state index contributed by atoms with van der Waals surface area (Å²) in [6.07, 6.45) is 0. The fourth-order valence-electron chi connectivity index (χ4n) is 3.36. The summed E-state index contributed by atoms with van der Waals surface area (Å²) in [4.78, 5) is 16.9. The quantitative estimate of drug-likeness (QED) is 0.843. The van der Waals surface area contributed by atoms with Crippen LogP contribution in [0.2, 0.25) is 0 Å². The van der Waals surface area contributed by atoms with Crippen LogP contribution in [0.1, 0.15) is 10.4 Å². The summed E-state index contributed by atoms with van der Waals surface area (Å²) in [6, 6.07) is 7.53. The number of carbonyl (C=O) groups is 1. The molecule has 1 aromatic heterocycles. The number of aromatic hydroxyl groups is 1. The highest BCUT2D eigenvalue weighted by atomic mass is 32.1. The minimum Gasteiger partial charge on any atom is -0.504 e. The van der Waals surface area contributed by atoms with Crippen molar-refractivity contribution in [2.24, 2.45) is 0 Å². The highest BCUT2D eigenvalue weighted by Gasteiger charge is 2.29. The number of phenolic OH excluding ortho intramolecular Hbond substituents is 1. The number of ether oxygens (including phenoxy) is 2. The molecule has 0 bridgehead atoms. The molecule has 0 spiro atoms. The third kappa shape index (κ3) is 3.42. The lowest BCUT2D eigenvalue weighted by atomic mass is 10.1. The van der Waals surface area contributed by atoms with Gasteiger partial charge >= 0.3 is 0 Å². The molecule has 4 rings (SSSR count). The number of hydrogen-bond acceptors (Lipinski definition) is 6. The molecule has 1 fully saturated rings. The zero-order chi connectivity index (χ0) is 18.1. The molecule has 1 aromatic carbocycles. The molecule has 2 N–H and O–H groups in total. The van der Waals surface area contributed by atoms with Crippen LogP contribution in [0.4, 0.5) is 0 Å². The molecule has 2 aliphatic rings. The topological polar surface area (TPSA) is 71.0 Å². The van der Waals surface area contributed by atoms with E-state index in [4.69, 9.17) is 9.47 Å². The summed E-state index contributed by atoms with van der Waals surface area (Å²) in [7, 11) is 0. The van der Waals surface area contributed by atoms with Crippen molar-refractivity contribution >= 4 is 17.2 Å². The highest BCUT2D eigenvalue weighted by molar-refractivity contribution is 7.15. The van der Waals surface area contributed by atoms with Gasteiger partial charge in [-0.1, -0.05) is 0 Å². The lowest BCUT2D eigenvalue weighted by molar-refractivity contribution is -0.137. The number of amides is 1. The van der Waals surface area contributed by atoms with Gasteiger partial charge in [-0.2, -0.15) is 0 Å². The summed E-state index contributed by atoms with van der Waals surface area (Å²) in [5.74, 6) is 0.611. The first-order valence-electron chi connectivity index (χ1n) is 8.77. The number of nitrogens with one attached hydrogen (secondary N) is 1. The number of rotatable bonds is 2. The average Bonchev–Trinajstić information content (AvgIpc) is 2.97. The Bertz CT molecular complexity index is 814. The second kappa shape index (κ2) is 7.26. The maximum atomic E-state index is 12.8. The fraction of sp³-hybridized carbons (Fsp3) is 0.421. The molecule has 1 saturated heterocycles. The molecule has 2 aliphatic heterocycles. The Morgan fingerprint density at radius 1 is 1.35 bits per heavy atom. The summed E-state index contributed by atoms with van der Waals surface area (Å²) >= 11 is 1.68. The van der Waals surface area contributed by atoms with Crippen LogP contribution in [0, 0.1) is 6.92 Å². The van der Waals surface area contributed by atoms with Crippen LogP contribution in [0.5, 0.6) is 11.5 Å². The maximum Gasteiger partial charge on any atom is 0.242 e. The number of carbonyl (C=O) groups excluding carboxylic acids is 1. The van der Waals surface area contributed by atoms with Crippen LogP contribution < -0.4 is 10.1 Å². The first-order valence-corrected chi connectivity index (χ1v) is 9.59. The van der Waals surface area contributed by atoms with Gasteiger partial charge in [-0.15, -0.1) is 11.3 Å². The van der Waals surface area contributed by atoms with Gasteiger partial charge in [0, 0.05) is 28.4 Å². The van der Waals surface area contributed by atoms with Gasteiger partial charge in [-0.05, 0) is 36.8 Å².